The summed E-state index contributed by atoms with van der Waals surface area (Å²) in [5, 5.41) is 3.01. The van der Waals surface area contributed by atoms with Gasteiger partial charge < -0.3 is 10.1 Å². The van der Waals surface area contributed by atoms with Gasteiger partial charge >= 0.3 is 6.09 Å². The largest absolute Gasteiger partial charge is 0.444 e. The number of carbonyl (C=O) groups excluding carboxylic acids is 2. The van der Waals surface area contributed by atoms with Crippen LogP contribution in [0.15, 0.2) is 18.2 Å². The minimum Gasteiger partial charge on any atom is -0.444 e. The highest BCUT2D eigenvalue weighted by Crippen LogP contribution is 2.24. The molecule has 0 saturated carbocycles. The lowest BCUT2D eigenvalue weighted by atomic mass is 10.0. The number of benzene rings is 1. The third kappa shape index (κ3) is 4.49. The fourth-order valence-electron chi connectivity index (χ4n) is 2.96. The van der Waals surface area contributed by atoms with Gasteiger partial charge in [0, 0.05) is 12.2 Å². The normalized spacial score (nSPS) is 18.2. The molecular weight excluding hydrogens is 304 g/mol. The van der Waals surface area contributed by atoms with Gasteiger partial charge in [-0.15, -0.1) is 0 Å². The van der Waals surface area contributed by atoms with Crippen LogP contribution in [0.25, 0.3) is 0 Å². The Balaban J connectivity index is 2.15. The zero-order valence-corrected chi connectivity index (χ0v) is 15.3. The first-order valence-corrected chi connectivity index (χ1v) is 8.56. The van der Waals surface area contributed by atoms with Crippen LogP contribution in [-0.4, -0.2) is 35.1 Å². The van der Waals surface area contributed by atoms with Gasteiger partial charge in [-0.1, -0.05) is 18.2 Å². The van der Waals surface area contributed by atoms with Crippen molar-refractivity contribution in [3.8, 4) is 0 Å². The number of nitrogens with one attached hydrogen (secondary N) is 1. The molecule has 1 aliphatic rings. The Morgan fingerprint density at radius 1 is 1.17 bits per heavy atom. The maximum absolute atomic E-state index is 12.8. The molecule has 132 valence electrons. The first-order chi connectivity index (χ1) is 11.2. The summed E-state index contributed by atoms with van der Waals surface area (Å²) in [4.78, 5) is 26.8. The van der Waals surface area contributed by atoms with Crippen molar-refractivity contribution < 1.29 is 14.3 Å². The quantitative estimate of drug-likeness (QED) is 0.889. The maximum Gasteiger partial charge on any atom is 0.410 e. The van der Waals surface area contributed by atoms with E-state index < -0.39 is 17.7 Å². The third-order valence-electron chi connectivity index (χ3n) is 4.16. The average Bonchev–Trinajstić information content (AvgIpc) is 2.49. The predicted molar refractivity (Wildman–Crippen MR) is 95.1 cm³/mol. The van der Waals surface area contributed by atoms with Crippen LogP contribution in [0, 0.1) is 13.8 Å². The molecule has 2 amide bonds. The first-order valence-electron chi connectivity index (χ1n) is 8.56. The molecule has 1 saturated heterocycles. The summed E-state index contributed by atoms with van der Waals surface area (Å²) in [5.74, 6) is -0.141. The van der Waals surface area contributed by atoms with Crippen molar-refractivity contribution in [1.82, 2.24) is 4.90 Å². The van der Waals surface area contributed by atoms with E-state index in [0.717, 1.165) is 29.7 Å². The van der Waals surface area contributed by atoms with Gasteiger partial charge in [0.2, 0.25) is 5.91 Å². The van der Waals surface area contributed by atoms with E-state index in [-0.39, 0.29) is 5.91 Å². The van der Waals surface area contributed by atoms with E-state index in [1.807, 2.05) is 52.8 Å². The Kier molecular flexibility index (Phi) is 5.52. The predicted octanol–water partition coefficient (Wildman–Crippen LogP) is 4.03. The van der Waals surface area contributed by atoms with Crippen LogP contribution in [0.1, 0.15) is 51.2 Å². The molecule has 1 aliphatic heterocycles. The zero-order chi connectivity index (χ0) is 17.9. The number of aryl methyl sites for hydroxylation is 2. The number of rotatable bonds is 2. The van der Waals surface area contributed by atoms with Crippen LogP contribution in [0.5, 0.6) is 0 Å². The lowest BCUT2D eigenvalue weighted by molar-refractivity contribution is -0.122. The Hall–Kier alpha value is -2.04. The van der Waals surface area contributed by atoms with E-state index in [9.17, 15) is 9.59 Å². The number of anilines is 1. The molecule has 0 bridgehead atoms. The van der Waals surface area contributed by atoms with Gasteiger partial charge in [-0.3, -0.25) is 9.69 Å². The van der Waals surface area contributed by atoms with Crippen molar-refractivity contribution in [2.75, 3.05) is 11.9 Å². The molecule has 2 rings (SSSR count). The summed E-state index contributed by atoms with van der Waals surface area (Å²) in [5.41, 5.74) is 2.30. The topological polar surface area (TPSA) is 58.6 Å². The number of hydrogen-bond acceptors (Lipinski definition) is 3. The van der Waals surface area contributed by atoms with E-state index >= 15 is 0 Å². The SMILES string of the molecule is Cc1cccc(C)c1NC(=O)[C@@H]1CCCCN1C(=O)OC(C)(C)C. The van der Waals surface area contributed by atoms with Gasteiger partial charge in [-0.05, 0) is 65.0 Å². The van der Waals surface area contributed by atoms with Crippen molar-refractivity contribution in [2.24, 2.45) is 0 Å². The highest BCUT2D eigenvalue weighted by molar-refractivity contribution is 5.97. The van der Waals surface area contributed by atoms with Gasteiger partial charge in [-0.25, -0.2) is 4.79 Å². The Bertz CT molecular complexity index is 599. The summed E-state index contributed by atoms with van der Waals surface area (Å²) in [6.45, 7) is 9.99. The van der Waals surface area contributed by atoms with Crippen molar-refractivity contribution in [2.45, 2.75) is 65.5 Å². The molecular formula is C19H28N2O3. The van der Waals surface area contributed by atoms with Gasteiger partial charge in [0.1, 0.15) is 11.6 Å². The number of likely N-dealkylation sites (tertiary alicyclic amines) is 1. The molecule has 1 heterocycles. The maximum atomic E-state index is 12.8. The van der Waals surface area contributed by atoms with Crippen LogP contribution in [0.3, 0.4) is 0 Å². The highest BCUT2D eigenvalue weighted by Gasteiger charge is 2.35. The molecule has 1 atom stereocenters. The molecule has 24 heavy (non-hydrogen) atoms. The second-order valence-corrected chi connectivity index (χ2v) is 7.44. The molecule has 5 nitrogen and oxygen atoms in total. The van der Waals surface area contributed by atoms with E-state index in [1.165, 1.54) is 0 Å². The van der Waals surface area contributed by atoms with E-state index in [1.54, 1.807) is 4.90 Å². The molecule has 1 N–H and O–H groups in total. The van der Waals surface area contributed by atoms with Crippen LogP contribution in [-0.2, 0) is 9.53 Å². The van der Waals surface area contributed by atoms with Crippen molar-refractivity contribution >= 4 is 17.7 Å². The van der Waals surface area contributed by atoms with Gasteiger partial charge in [-0.2, -0.15) is 0 Å². The van der Waals surface area contributed by atoms with Crippen LogP contribution in [0.4, 0.5) is 10.5 Å². The van der Waals surface area contributed by atoms with Crippen molar-refractivity contribution in [3.63, 3.8) is 0 Å². The van der Waals surface area contributed by atoms with Crippen LogP contribution in [0.2, 0.25) is 0 Å². The Labute approximate surface area is 144 Å². The molecule has 1 aromatic rings. The van der Waals surface area contributed by atoms with Gasteiger partial charge in [0.05, 0.1) is 0 Å². The monoisotopic (exact) mass is 332 g/mol. The summed E-state index contributed by atoms with van der Waals surface area (Å²) >= 11 is 0. The van der Waals surface area contributed by atoms with Crippen LogP contribution < -0.4 is 5.32 Å². The molecule has 1 fully saturated rings. The number of para-hydroxylation sites is 1. The van der Waals surface area contributed by atoms with Crippen molar-refractivity contribution in [3.05, 3.63) is 29.3 Å². The van der Waals surface area contributed by atoms with E-state index in [0.29, 0.717) is 13.0 Å². The number of carbonyl (C=O) groups is 2. The summed E-state index contributed by atoms with van der Waals surface area (Å²) in [7, 11) is 0. The Morgan fingerprint density at radius 3 is 2.38 bits per heavy atom. The molecule has 5 heteroatoms. The van der Waals surface area contributed by atoms with E-state index in [2.05, 4.69) is 5.32 Å². The average molecular weight is 332 g/mol. The number of hydrogen-bond donors (Lipinski definition) is 1. The third-order valence-corrected chi connectivity index (χ3v) is 4.16. The number of piperidine rings is 1. The van der Waals surface area contributed by atoms with Gasteiger partial charge in [0.25, 0.3) is 0 Å². The highest BCUT2D eigenvalue weighted by atomic mass is 16.6. The molecule has 0 radical (unpaired) electrons. The second kappa shape index (κ2) is 7.24. The minimum atomic E-state index is -0.567. The van der Waals surface area contributed by atoms with E-state index in [4.69, 9.17) is 4.74 Å². The molecule has 0 aliphatic carbocycles. The smallest absolute Gasteiger partial charge is 0.410 e. The standard InChI is InChI=1S/C19H28N2O3/c1-13-9-8-10-14(2)16(13)20-17(22)15-11-6-7-12-21(15)18(23)24-19(3,4)5/h8-10,15H,6-7,11-12H2,1-5H3,(H,20,22)/t15-/m0/s1. The summed E-state index contributed by atoms with van der Waals surface area (Å²) in [6, 6.07) is 5.42. The number of nitrogens with zero attached hydrogens (tertiary/aromatic N) is 1. The minimum absolute atomic E-state index is 0.141. The zero-order valence-electron chi connectivity index (χ0n) is 15.3. The lowest BCUT2D eigenvalue weighted by Gasteiger charge is -2.36. The number of amides is 2. The van der Waals surface area contributed by atoms with Crippen molar-refractivity contribution in [1.29, 1.82) is 0 Å². The Morgan fingerprint density at radius 2 is 1.79 bits per heavy atom. The second-order valence-electron chi connectivity index (χ2n) is 7.44. The molecule has 1 aromatic carbocycles. The van der Waals surface area contributed by atoms with Gasteiger partial charge in [0.15, 0.2) is 0 Å². The molecule has 0 unspecified atom stereocenters. The summed E-state index contributed by atoms with van der Waals surface area (Å²) in [6.07, 6.45) is 2.08. The fourth-order valence-corrected chi connectivity index (χ4v) is 2.96. The van der Waals surface area contributed by atoms with Crippen LogP contribution >= 0.6 is 0 Å². The fraction of sp³-hybridized carbons (Fsp3) is 0.579. The lowest BCUT2D eigenvalue weighted by Crippen LogP contribution is -2.51. The molecule has 0 spiro atoms. The first kappa shape index (κ1) is 18.3. The molecule has 0 aromatic heterocycles. The number of ether oxygens (including phenoxy) is 1. The summed E-state index contributed by atoms with van der Waals surface area (Å²) < 4.78 is 5.46.